The number of fused-ring (bicyclic) bond motifs is 1. The molecule has 1 aromatic rings. The Morgan fingerprint density at radius 2 is 1.90 bits per heavy atom. The zero-order valence-corrected chi connectivity index (χ0v) is 14.1. The topological polar surface area (TPSA) is 46.2 Å². The lowest BCUT2D eigenvalue weighted by Gasteiger charge is -2.29. The molecule has 1 aliphatic heterocycles. The standard InChI is InChI=1S/C17H27NO2S/c1-13(2)7-6-8-14(3)18-16-11-12-21(19,20)17-10-5-4-9-15(16)17/h4-5,9-10,13-14,16,18H,6-8,11-12H2,1-3H3. The molecular weight excluding hydrogens is 282 g/mol. The molecule has 0 fully saturated rings. The quantitative estimate of drug-likeness (QED) is 0.871. The third kappa shape index (κ3) is 4.30. The summed E-state index contributed by atoms with van der Waals surface area (Å²) in [7, 11) is -3.08. The van der Waals surface area contributed by atoms with Gasteiger partial charge in [0.1, 0.15) is 0 Å². The van der Waals surface area contributed by atoms with Crippen LogP contribution in [0.4, 0.5) is 0 Å². The largest absolute Gasteiger partial charge is 0.307 e. The molecule has 1 N–H and O–H groups in total. The van der Waals surface area contributed by atoms with Crippen molar-refractivity contribution < 1.29 is 8.42 Å². The molecule has 0 saturated heterocycles. The molecule has 0 radical (unpaired) electrons. The summed E-state index contributed by atoms with van der Waals surface area (Å²) in [6.45, 7) is 6.70. The zero-order chi connectivity index (χ0) is 15.5. The third-order valence-electron chi connectivity index (χ3n) is 4.21. The molecule has 21 heavy (non-hydrogen) atoms. The Morgan fingerprint density at radius 1 is 1.19 bits per heavy atom. The first-order valence-corrected chi connectivity index (χ1v) is 9.63. The van der Waals surface area contributed by atoms with Crippen LogP contribution >= 0.6 is 0 Å². The van der Waals surface area contributed by atoms with E-state index < -0.39 is 9.84 Å². The Hall–Kier alpha value is -0.870. The van der Waals surface area contributed by atoms with Gasteiger partial charge in [-0.2, -0.15) is 0 Å². The first-order valence-electron chi connectivity index (χ1n) is 7.98. The van der Waals surface area contributed by atoms with Crippen LogP contribution < -0.4 is 5.32 Å². The highest BCUT2D eigenvalue weighted by Gasteiger charge is 2.30. The van der Waals surface area contributed by atoms with E-state index >= 15 is 0 Å². The SMILES string of the molecule is CC(C)CCCC(C)NC1CCS(=O)(=O)c2ccccc21. The average molecular weight is 309 g/mol. The highest BCUT2D eigenvalue weighted by Crippen LogP contribution is 2.32. The zero-order valence-electron chi connectivity index (χ0n) is 13.3. The smallest absolute Gasteiger partial charge is 0.178 e. The Balaban J connectivity index is 2.02. The van der Waals surface area contributed by atoms with Gasteiger partial charge < -0.3 is 5.32 Å². The van der Waals surface area contributed by atoms with Crippen molar-refractivity contribution in [1.82, 2.24) is 5.32 Å². The van der Waals surface area contributed by atoms with Crippen LogP contribution in [0.2, 0.25) is 0 Å². The Labute approximate surface area is 129 Å². The van der Waals surface area contributed by atoms with Crippen LogP contribution in [0.15, 0.2) is 29.2 Å². The van der Waals surface area contributed by atoms with E-state index in [4.69, 9.17) is 0 Å². The van der Waals surface area contributed by atoms with Gasteiger partial charge in [0.05, 0.1) is 10.6 Å². The van der Waals surface area contributed by atoms with E-state index in [1.807, 2.05) is 18.2 Å². The summed E-state index contributed by atoms with van der Waals surface area (Å²) in [6.07, 6.45) is 4.29. The van der Waals surface area contributed by atoms with Crippen molar-refractivity contribution in [2.45, 2.75) is 63.4 Å². The molecule has 3 nitrogen and oxygen atoms in total. The van der Waals surface area contributed by atoms with Crippen LogP contribution in [0.5, 0.6) is 0 Å². The van der Waals surface area contributed by atoms with Crippen LogP contribution in [-0.4, -0.2) is 20.2 Å². The second-order valence-electron chi connectivity index (χ2n) is 6.59. The van der Waals surface area contributed by atoms with Crippen molar-refractivity contribution in [3.05, 3.63) is 29.8 Å². The van der Waals surface area contributed by atoms with Crippen LogP contribution in [0.1, 0.15) is 58.1 Å². The Morgan fingerprint density at radius 3 is 2.62 bits per heavy atom. The van der Waals surface area contributed by atoms with Crippen LogP contribution in [-0.2, 0) is 9.84 Å². The van der Waals surface area contributed by atoms with Crippen molar-refractivity contribution in [3.8, 4) is 0 Å². The molecule has 1 heterocycles. The normalized spacial score (nSPS) is 22.0. The lowest BCUT2D eigenvalue weighted by Crippen LogP contribution is -2.35. The fourth-order valence-corrected chi connectivity index (χ4v) is 4.64. The lowest BCUT2D eigenvalue weighted by atomic mass is 10.00. The number of sulfone groups is 1. The molecule has 4 heteroatoms. The predicted molar refractivity (Wildman–Crippen MR) is 87.1 cm³/mol. The second kappa shape index (κ2) is 6.93. The number of hydrogen-bond acceptors (Lipinski definition) is 3. The minimum atomic E-state index is -3.08. The second-order valence-corrected chi connectivity index (χ2v) is 8.67. The number of hydrogen-bond donors (Lipinski definition) is 1. The van der Waals surface area contributed by atoms with Gasteiger partial charge in [-0.05, 0) is 37.3 Å². The maximum absolute atomic E-state index is 12.1. The minimum Gasteiger partial charge on any atom is -0.307 e. The van der Waals surface area contributed by atoms with Crippen molar-refractivity contribution in [3.63, 3.8) is 0 Å². The van der Waals surface area contributed by atoms with Crippen molar-refractivity contribution in [2.75, 3.05) is 5.75 Å². The van der Waals surface area contributed by atoms with E-state index in [0.29, 0.717) is 17.4 Å². The molecule has 0 bridgehead atoms. The summed E-state index contributed by atoms with van der Waals surface area (Å²) >= 11 is 0. The highest BCUT2D eigenvalue weighted by atomic mass is 32.2. The Kier molecular flexibility index (Phi) is 5.44. The van der Waals surface area contributed by atoms with E-state index in [2.05, 4.69) is 26.1 Å². The van der Waals surface area contributed by atoms with Crippen molar-refractivity contribution in [2.24, 2.45) is 5.92 Å². The molecule has 1 aromatic carbocycles. The van der Waals surface area contributed by atoms with Crippen LogP contribution in [0.3, 0.4) is 0 Å². The summed E-state index contributed by atoms with van der Waals surface area (Å²) in [6, 6.07) is 8.01. The first-order chi connectivity index (χ1) is 9.90. The number of nitrogens with one attached hydrogen (secondary N) is 1. The first kappa shape index (κ1) is 16.5. The average Bonchev–Trinajstić information content (AvgIpc) is 2.42. The minimum absolute atomic E-state index is 0.166. The lowest BCUT2D eigenvalue weighted by molar-refractivity contribution is 0.396. The molecule has 0 aliphatic carbocycles. The van der Waals surface area contributed by atoms with Crippen molar-refractivity contribution in [1.29, 1.82) is 0 Å². The van der Waals surface area contributed by atoms with Gasteiger partial charge in [0, 0.05) is 12.1 Å². The summed E-state index contributed by atoms with van der Waals surface area (Å²) in [4.78, 5) is 0.517. The van der Waals surface area contributed by atoms with E-state index in [-0.39, 0.29) is 11.8 Å². The maximum atomic E-state index is 12.1. The monoisotopic (exact) mass is 309 g/mol. The summed E-state index contributed by atoms with van der Waals surface area (Å²) < 4.78 is 24.2. The number of benzene rings is 1. The molecule has 0 saturated carbocycles. The van der Waals surface area contributed by atoms with E-state index in [9.17, 15) is 8.42 Å². The van der Waals surface area contributed by atoms with Gasteiger partial charge in [0.15, 0.2) is 9.84 Å². The molecule has 2 atom stereocenters. The van der Waals surface area contributed by atoms with Gasteiger partial charge in [-0.1, -0.05) is 44.9 Å². The van der Waals surface area contributed by atoms with Gasteiger partial charge in [-0.25, -0.2) is 8.42 Å². The van der Waals surface area contributed by atoms with Gasteiger partial charge in [-0.15, -0.1) is 0 Å². The van der Waals surface area contributed by atoms with Gasteiger partial charge >= 0.3 is 0 Å². The van der Waals surface area contributed by atoms with E-state index in [0.717, 1.165) is 17.9 Å². The fraction of sp³-hybridized carbons (Fsp3) is 0.647. The van der Waals surface area contributed by atoms with E-state index in [1.165, 1.54) is 12.8 Å². The van der Waals surface area contributed by atoms with Crippen LogP contribution in [0, 0.1) is 5.92 Å². The molecular formula is C17H27NO2S. The molecule has 0 amide bonds. The van der Waals surface area contributed by atoms with E-state index in [1.54, 1.807) is 6.07 Å². The molecule has 1 aliphatic rings. The Bertz CT molecular complexity index is 566. The summed E-state index contributed by atoms with van der Waals surface area (Å²) in [5.74, 6) is 0.998. The highest BCUT2D eigenvalue weighted by molar-refractivity contribution is 7.91. The summed E-state index contributed by atoms with van der Waals surface area (Å²) in [5, 5.41) is 3.62. The van der Waals surface area contributed by atoms with Gasteiger partial charge in [-0.3, -0.25) is 0 Å². The number of rotatable bonds is 6. The molecule has 0 spiro atoms. The van der Waals surface area contributed by atoms with Gasteiger partial charge in [0.25, 0.3) is 0 Å². The third-order valence-corrected chi connectivity index (χ3v) is 6.02. The summed E-state index contributed by atoms with van der Waals surface area (Å²) in [5.41, 5.74) is 0.944. The van der Waals surface area contributed by atoms with Crippen LogP contribution in [0.25, 0.3) is 0 Å². The maximum Gasteiger partial charge on any atom is 0.178 e. The van der Waals surface area contributed by atoms with Gasteiger partial charge in [0.2, 0.25) is 0 Å². The molecule has 0 aromatic heterocycles. The van der Waals surface area contributed by atoms with Crippen molar-refractivity contribution >= 4 is 9.84 Å². The molecule has 2 rings (SSSR count). The molecule has 2 unspecified atom stereocenters. The molecule has 118 valence electrons. The predicted octanol–water partition coefficient (Wildman–Crippen LogP) is 3.71. The fourth-order valence-electron chi connectivity index (χ4n) is 3.02.